The van der Waals surface area contributed by atoms with Crippen molar-refractivity contribution in [3.05, 3.63) is 29.8 Å². The van der Waals surface area contributed by atoms with Gasteiger partial charge in [-0.25, -0.2) is 0 Å². The molecule has 2 nitrogen and oxygen atoms in total. The van der Waals surface area contributed by atoms with Gasteiger partial charge in [-0.15, -0.1) is 0 Å². The largest absolute Gasteiger partial charge is 0.497 e. The van der Waals surface area contributed by atoms with Crippen molar-refractivity contribution < 1.29 is 10.2 Å². The van der Waals surface area contributed by atoms with Gasteiger partial charge in [-0.3, -0.25) is 0 Å². The lowest BCUT2D eigenvalue weighted by molar-refractivity contribution is 0.371. The Morgan fingerprint density at radius 3 is 3.00 bits per heavy atom. The minimum absolute atomic E-state index is 0.0154. The van der Waals surface area contributed by atoms with Crippen LogP contribution in [0.5, 0.6) is 5.75 Å². The van der Waals surface area contributed by atoms with Gasteiger partial charge >= 0.3 is 0 Å². The summed E-state index contributed by atoms with van der Waals surface area (Å²) in [7, 11) is 1.61. The zero-order valence-corrected chi connectivity index (χ0v) is 8.92. The predicted octanol–water partition coefficient (Wildman–Crippen LogP) is 2.24. The molecule has 82 valence electrons. The fourth-order valence-electron chi connectivity index (χ4n) is 1.80. The van der Waals surface area contributed by atoms with E-state index in [2.05, 4.69) is 5.32 Å². The van der Waals surface area contributed by atoms with Gasteiger partial charge < -0.3 is 10.1 Å². The third kappa shape index (κ3) is 2.96. The summed E-state index contributed by atoms with van der Waals surface area (Å²) >= 11 is 0. The van der Waals surface area contributed by atoms with E-state index in [-0.39, 0.29) is 5.92 Å². The Bertz CT molecular complexity index is 434. The molecule has 2 heteroatoms. The van der Waals surface area contributed by atoms with Gasteiger partial charge in [-0.2, -0.15) is 0 Å². The highest BCUT2D eigenvalue weighted by atomic mass is 16.5. The fourth-order valence-corrected chi connectivity index (χ4v) is 1.80. The van der Waals surface area contributed by atoms with E-state index in [9.17, 15) is 0 Å². The summed E-state index contributed by atoms with van der Waals surface area (Å²) in [5, 5.41) is 2.41. The molecule has 15 heavy (non-hydrogen) atoms. The third-order valence-electron chi connectivity index (χ3n) is 2.62. The van der Waals surface area contributed by atoms with Crippen molar-refractivity contribution >= 4 is 0 Å². The van der Waals surface area contributed by atoms with E-state index >= 15 is 0 Å². The lowest BCUT2D eigenvalue weighted by atomic mass is 9.91. The first-order valence-corrected chi connectivity index (χ1v) is 5.22. The van der Waals surface area contributed by atoms with Crippen molar-refractivity contribution in [2.45, 2.75) is 19.3 Å². The molecule has 1 aliphatic rings. The minimum atomic E-state index is -1.65. The number of piperidine rings is 1. The first-order valence-electron chi connectivity index (χ1n) is 7.22. The molecular weight excluding hydrogens is 186 g/mol. The minimum Gasteiger partial charge on any atom is -0.497 e. The van der Waals surface area contributed by atoms with E-state index < -0.39 is 13.0 Å². The van der Waals surface area contributed by atoms with Crippen molar-refractivity contribution in [3.8, 4) is 5.75 Å². The fraction of sp³-hybridized carbons (Fsp3) is 0.538. The maximum Gasteiger partial charge on any atom is 0.119 e. The third-order valence-corrected chi connectivity index (χ3v) is 2.62. The molecule has 1 aromatic carbocycles. The zero-order chi connectivity index (χ0) is 14.1. The average molecular weight is 209 g/mol. The summed E-state index contributed by atoms with van der Waals surface area (Å²) in [5.74, 6) is 0.760. The molecule has 0 atom stereocenters. The Balaban J connectivity index is 2.09. The standard InChI is InChI=1S/C13H19NO/c1-15-13-4-2-3-12(10-13)9-11-5-7-14-8-6-11/h2-4,10-11,14H,5-9H2,1H3/i7D2,8D2. The average Bonchev–Trinajstić information content (AvgIpc) is 2.24. The number of hydrogen-bond donors (Lipinski definition) is 1. The molecule has 0 amide bonds. The van der Waals surface area contributed by atoms with Gasteiger partial charge in [-0.05, 0) is 55.9 Å². The molecule has 0 spiro atoms. The van der Waals surface area contributed by atoms with Gasteiger partial charge in [0.15, 0.2) is 0 Å². The molecule has 0 unspecified atom stereocenters. The monoisotopic (exact) mass is 209 g/mol. The van der Waals surface area contributed by atoms with Crippen LogP contribution in [0.15, 0.2) is 24.3 Å². The number of hydrogen-bond acceptors (Lipinski definition) is 2. The maximum absolute atomic E-state index is 7.75. The summed E-state index contributed by atoms with van der Waals surface area (Å²) in [6.45, 7) is -3.30. The molecule has 1 N–H and O–H groups in total. The van der Waals surface area contributed by atoms with Crippen molar-refractivity contribution in [3.63, 3.8) is 0 Å². The van der Waals surface area contributed by atoms with Crippen LogP contribution in [0.2, 0.25) is 0 Å². The molecule has 0 bridgehead atoms. The van der Waals surface area contributed by atoms with Crippen molar-refractivity contribution in [2.24, 2.45) is 5.92 Å². The van der Waals surface area contributed by atoms with Gasteiger partial charge in [0.25, 0.3) is 0 Å². The van der Waals surface area contributed by atoms with Crippen LogP contribution in [0.3, 0.4) is 0 Å². The number of rotatable bonds is 3. The highest BCUT2D eigenvalue weighted by molar-refractivity contribution is 5.28. The van der Waals surface area contributed by atoms with Crippen molar-refractivity contribution in [1.82, 2.24) is 5.32 Å². The first kappa shape index (κ1) is 6.54. The normalized spacial score (nSPS) is 28.3. The van der Waals surface area contributed by atoms with Crippen LogP contribution in [0.4, 0.5) is 0 Å². The quantitative estimate of drug-likeness (QED) is 0.824. The second-order valence-corrected chi connectivity index (χ2v) is 3.81. The highest BCUT2D eigenvalue weighted by Gasteiger charge is 2.13. The van der Waals surface area contributed by atoms with Crippen LogP contribution in [0, 0.1) is 5.92 Å². The first-order chi connectivity index (χ1) is 8.80. The van der Waals surface area contributed by atoms with Crippen LogP contribution in [-0.4, -0.2) is 20.1 Å². The Hall–Kier alpha value is -1.02. The maximum atomic E-state index is 7.75. The number of methoxy groups -OCH3 is 1. The van der Waals surface area contributed by atoms with Crippen molar-refractivity contribution in [2.75, 3.05) is 20.1 Å². The molecule has 0 radical (unpaired) electrons. The topological polar surface area (TPSA) is 21.3 Å². The van der Waals surface area contributed by atoms with Crippen LogP contribution >= 0.6 is 0 Å². The van der Waals surface area contributed by atoms with E-state index in [1.54, 1.807) is 7.11 Å². The lowest BCUT2D eigenvalue weighted by Crippen LogP contribution is -2.28. The van der Waals surface area contributed by atoms with Gasteiger partial charge in [-0.1, -0.05) is 12.1 Å². The van der Waals surface area contributed by atoms with E-state index in [0.29, 0.717) is 19.3 Å². The molecular formula is C13H19NO. The second kappa shape index (κ2) is 5.17. The number of benzene rings is 1. The van der Waals surface area contributed by atoms with Crippen LogP contribution in [-0.2, 0) is 6.42 Å². The van der Waals surface area contributed by atoms with E-state index in [4.69, 9.17) is 10.2 Å². The summed E-state index contributed by atoms with van der Waals surface area (Å²) in [5.41, 5.74) is 1.05. The smallest absolute Gasteiger partial charge is 0.119 e. The van der Waals surface area contributed by atoms with Crippen LogP contribution in [0.1, 0.15) is 23.9 Å². The SMILES string of the molecule is [2H]C1([2H])CC(Cc2cccc(OC)c2)CC([2H])([2H])N1. The van der Waals surface area contributed by atoms with Crippen molar-refractivity contribution in [1.29, 1.82) is 0 Å². The van der Waals surface area contributed by atoms with Gasteiger partial charge in [0.05, 0.1) is 7.11 Å². The van der Waals surface area contributed by atoms with E-state index in [1.807, 2.05) is 24.3 Å². The predicted molar refractivity (Wildman–Crippen MR) is 62.3 cm³/mol. The molecule has 0 aromatic heterocycles. The van der Waals surface area contributed by atoms with E-state index in [0.717, 1.165) is 11.3 Å². The van der Waals surface area contributed by atoms with E-state index in [1.165, 1.54) is 0 Å². The summed E-state index contributed by atoms with van der Waals surface area (Å²) < 4.78 is 36.2. The molecule has 1 fully saturated rings. The van der Waals surface area contributed by atoms with Crippen LogP contribution in [0.25, 0.3) is 0 Å². The van der Waals surface area contributed by atoms with Gasteiger partial charge in [0, 0.05) is 5.48 Å². The number of ether oxygens (including phenoxy) is 1. The molecule has 0 saturated carbocycles. The number of nitrogens with one attached hydrogen (secondary N) is 1. The Morgan fingerprint density at radius 2 is 2.27 bits per heavy atom. The summed E-state index contributed by atoms with van der Waals surface area (Å²) in [6, 6.07) is 7.66. The molecule has 1 aromatic rings. The molecule has 1 heterocycles. The molecule has 2 rings (SSSR count). The van der Waals surface area contributed by atoms with Gasteiger partial charge in [0.1, 0.15) is 5.75 Å². The second-order valence-electron chi connectivity index (χ2n) is 3.81. The highest BCUT2D eigenvalue weighted by Crippen LogP contribution is 2.20. The molecule has 0 aliphatic carbocycles. The van der Waals surface area contributed by atoms with Crippen LogP contribution < -0.4 is 10.1 Å². The van der Waals surface area contributed by atoms with Gasteiger partial charge in [0.2, 0.25) is 0 Å². The molecule has 1 aliphatic heterocycles. The summed E-state index contributed by atoms with van der Waals surface area (Å²) in [4.78, 5) is 0. The Morgan fingerprint density at radius 1 is 1.47 bits per heavy atom. The molecule has 1 saturated heterocycles. The summed E-state index contributed by atoms with van der Waals surface area (Å²) in [6.07, 6.45) is 1.31. The zero-order valence-electron chi connectivity index (χ0n) is 12.9. The Kier molecular flexibility index (Phi) is 2.25. The lowest BCUT2D eigenvalue weighted by Gasteiger charge is -2.22. The Labute approximate surface area is 97.3 Å².